The first-order chi connectivity index (χ1) is 50.5. The Hall–Kier alpha value is -13.8. The minimum absolute atomic E-state index is 0.863. The van der Waals surface area contributed by atoms with Crippen LogP contribution in [0.25, 0.3) is 215 Å². The maximum Gasteiger partial charge on any atom is 0.135 e. The Kier molecular flexibility index (Phi) is 12.1. The molecule has 22 aromatic rings. The zero-order valence-corrected chi connectivity index (χ0v) is 54.8. The minimum atomic E-state index is 0.863. The second-order valence-electron chi connectivity index (χ2n) is 27.0. The summed E-state index contributed by atoms with van der Waals surface area (Å²) in [5.74, 6) is 0. The van der Waals surface area contributed by atoms with Crippen LogP contribution in [-0.2, 0) is 0 Å². The van der Waals surface area contributed by atoms with E-state index in [1.54, 1.807) is 0 Å². The van der Waals surface area contributed by atoms with Crippen molar-refractivity contribution in [2.75, 3.05) is 0 Å². The third-order valence-electron chi connectivity index (χ3n) is 21.2. The molecule has 0 aliphatic heterocycles. The molecule has 7 heteroatoms. The molecule has 0 aliphatic rings. The van der Waals surface area contributed by atoms with Gasteiger partial charge in [0.15, 0.2) is 0 Å². The highest BCUT2D eigenvalue weighted by molar-refractivity contribution is 6.15. The van der Waals surface area contributed by atoms with Crippen LogP contribution in [0.4, 0.5) is 0 Å². The Labute approximate surface area is 583 Å². The summed E-state index contributed by atoms with van der Waals surface area (Å²) in [6.07, 6.45) is 0. The fraction of sp³-hybridized carbons (Fsp3) is 0. The van der Waals surface area contributed by atoms with E-state index in [4.69, 9.17) is 18.2 Å². The first-order valence-electron chi connectivity index (χ1n) is 34.7. The van der Waals surface area contributed by atoms with Crippen LogP contribution in [0, 0.1) is 0 Å². The molecule has 7 heterocycles. The second kappa shape index (κ2) is 21.9. The molecule has 0 saturated carbocycles. The molecule has 7 nitrogen and oxygen atoms in total. The number of rotatable bonds is 9. The van der Waals surface area contributed by atoms with Crippen LogP contribution < -0.4 is 0 Å². The molecule has 0 amide bonds. The molecule has 0 atom stereocenters. The number of para-hydroxylation sites is 6. The van der Waals surface area contributed by atoms with Crippen molar-refractivity contribution in [3.8, 4) is 84.1 Å². The zero-order chi connectivity index (χ0) is 66.7. The normalized spacial score (nSPS) is 12.1. The van der Waals surface area contributed by atoms with Crippen LogP contribution >= 0.6 is 0 Å². The van der Waals surface area contributed by atoms with Gasteiger partial charge in [-0.25, -0.2) is 4.98 Å². The van der Waals surface area contributed by atoms with Crippen molar-refractivity contribution in [2.45, 2.75) is 0 Å². The highest BCUT2D eigenvalue weighted by atomic mass is 16.3. The van der Waals surface area contributed by atoms with Gasteiger partial charge in [0.2, 0.25) is 0 Å². The summed E-state index contributed by atoms with van der Waals surface area (Å²) >= 11 is 0. The highest BCUT2D eigenvalue weighted by Gasteiger charge is 2.22. The van der Waals surface area contributed by atoms with Gasteiger partial charge in [-0.05, 0) is 202 Å². The number of aromatic nitrogens is 4. The highest BCUT2D eigenvalue weighted by Crippen LogP contribution is 2.44. The minimum Gasteiger partial charge on any atom is -0.456 e. The molecular weight excluding hydrogens is 1250 g/mol. The Morgan fingerprint density at radius 3 is 0.794 bits per heavy atom. The molecule has 0 spiro atoms. The summed E-state index contributed by atoms with van der Waals surface area (Å²) in [5, 5.41) is 13.8. The lowest BCUT2D eigenvalue weighted by Gasteiger charge is -2.15. The predicted octanol–water partition coefficient (Wildman–Crippen LogP) is 26.1. The van der Waals surface area contributed by atoms with Gasteiger partial charge in [-0.15, -0.1) is 0 Å². The molecule has 0 unspecified atom stereocenters. The summed E-state index contributed by atoms with van der Waals surface area (Å²) in [7, 11) is 0. The molecule has 0 radical (unpaired) electrons. The fourth-order valence-electron chi connectivity index (χ4n) is 16.4. The maximum absolute atomic E-state index is 6.25. The largest absolute Gasteiger partial charge is 0.456 e. The molecule has 0 saturated heterocycles. The fourth-order valence-corrected chi connectivity index (χ4v) is 16.4. The molecule has 474 valence electrons. The van der Waals surface area contributed by atoms with Gasteiger partial charge in [-0.2, -0.15) is 0 Å². The Morgan fingerprint density at radius 1 is 0.167 bits per heavy atom. The molecule has 0 fully saturated rings. The third-order valence-corrected chi connectivity index (χ3v) is 21.2. The monoisotopic (exact) mass is 1300 g/mol. The summed E-state index contributed by atoms with van der Waals surface area (Å²) in [5.41, 5.74) is 28.0. The molecule has 0 bridgehead atoms. The molecule has 22 rings (SSSR count). The molecular formula is C95H56N4O3. The summed E-state index contributed by atoms with van der Waals surface area (Å²) in [6.45, 7) is 0. The lowest BCUT2D eigenvalue weighted by atomic mass is 9.99. The van der Waals surface area contributed by atoms with Crippen LogP contribution in [0.1, 0.15) is 0 Å². The zero-order valence-electron chi connectivity index (χ0n) is 54.8. The lowest BCUT2D eigenvalue weighted by Crippen LogP contribution is -1.97. The molecule has 15 aromatic carbocycles. The van der Waals surface area contributed by atoms with Crippen LogP contribution in [0.15, 0.2) is 353 Å². The predicted molar refractivity (Wildman–Crippen MR) is 422 cm³/mol. The van der Waals surface area contributed by atoms with Gasteiger partial charge in [0.1, 0.15) is 33.5 Å². The van der Waals surface area contributed by atoms with Crippen LogP contribution in [0.2, 0.25) is 0 Å². The van der Waals surface area contributed by atoms with Crippen molar-refractivity contribution in [2.24, 2.45) is 0 Å². The van der Waals surface area contributed by atoms with Crippen molar-refractivity contribution in [1.29, 1.82) is 0 Å². The average Bonchev–Trinajstić information content (AvgIpc) is 1.60. The molecule has 7 aromatic heterocycles. The Balaban J connectivity index is 0.688. The average molecular weight is 1300 g/mol. The van der Waals surface area contributed by atoms with E-state index in [2.05, 4.69) is 317 Å². The van der Waals surface area contributed by atoms with Gasteiger partial charge >= 0.3 is 0 Å². The number of benzene rings is 15. The number of fused-ring (bicyclic) bond motifs is 18. The number of nitrogens with zero attached hydrogens (tertiary/aromatic N) is 4. The SMILES string of the molecule is c1cc(-c2cc(-c3cccc(-n4c5ccccc5c5cc(-c6ccc7oc8ccccc8c7c6)ccc54)c3)nc(-c3cccc(-n4c5ccccc5c5cc(-c6ccc7oc8ccccc8c7c6)ccc54)c3)c2)cc(-n2c3ccccc3c3cc(-c4ccc5oc6ccccc6c5c4)ccc32)c1. The standard InChI is InChI=1S/C95H56N4O3/c1-7-28-84-70(22-1)76-49-58(61-37-43-93-79(52-61)73-25-4-10-31-90(73)100-93)34-40-87(76)97(84)67-19-13-16-57(46-67)66-55-82(64-17-14-20-68(47-64)98-85-29-8-2-23-71(85)77-50-59(35-41-88(77)98)62-38-44-94-80(53-62)74-26-5-11-32-91(74)101-94)96-83(56-66)65-18-15-21-69(48-65)99-86-30-9-3-24-72(86)78-51-60(36-42-89(78)99)63-39-45-95-81(54-63)75-27-6-12-33-92(75)102-95/h1-56H. The number of pyridine rings is 1. The van der Waals surface area contributed by atoms with E-state index in [0.29, 0.717) is 0 Å². The van der Waals surface area contributed by atoms with E-state index in [-0.39, 0.29) is 0 Å². The van der Waals surface area contributed by atoms with E-state index >= 15 is 0 Å². The van der Waals surface area contributed by atoms with Crippen molar-refractivity contribution < 1.29 is 13.3 Å². The van der Waals surface area contributed by atoms with Crippen molar-refractivity contribution >= 4 is 131 Å². The molecule has 102 heavy (non-hydrogen) atoms. The first-order valence-corrected chi connectivity index (χ1v) is 34.7. The van der Waals surface area contributed by atoms with Crippen molar-refractivity contribution in [1.82, 2.24) is 18.7 Å². The van der Waals surface area contributed by atoms with E-state index in [9.17, 15) is 0 Å². The van der Waals surface area contributed by atoms with Gasteiger partial charge in [0.25, 0.3) is 0 Å². The second-order valence-corrected chi connectivity index (χ2v) is 27.0. The third kappa shape index (κ3) is 8.71. The van der Waals surface area contributed by atoms with Gasteiger partial charge < -0.3 is 27.0 Å². The summed E-state index contributed by atoms with van der Waals surface area (Å²) < 4.78 is 26.0. The Bertz CT molecular complexity index is 6590. The van der Waals surface area contributed by atoms with Gasteiger partial charge in [0.05, 0.1) is 44.5 Å². The van der Waals surface area contributed by atoms with Gasteiger partial charge in [0, 0.05) is 92.8 Å². The number of furan rings is 3. The number of hydrogen-bond donors (Lipinski definition) is 0. The quantitative estimate of drug-likeness (QED) is 0.144. The van der Waals surface area contributed by atoms with E-state index in [1.807, 2.05) is 36.4 Å². The topological polar surface area (TPSA) is 67.1 Å². The number of hydrogen-bond acceptors (Lipinski definition) is 4. The lowest BCUT2D eigenvalue weighted by molar-refractivity contribution is 0.668. The van der Waals surface area contributed by atoms with E-state index < -0.39 is 0 Å². The summed E-state index contributed by atoms with van der Waals surface area (Å²) in [4.78, 5) is 5.73. The van der Waals surface area contributed by atoms with Crippen molar-refractivity contribution in [3.63, 3.8) is 0 Å². The van der Waals surface area contributed by atoms with E-state index in [1.165, 1.54) is 32.3 Å². The van der Waals surface area contributed by atoms with Crippen LogP contribution in [0.5, 0.6) is 0 Å². The maximum atomic E-state index is 6.25. The van der Waals surface area contributed by atoms with Gasteiger partial charge in [-0.1, -0.05) is 182 Å². The smallest absolute Gasteiger partial charge is 0.135 e. The van der Waals surface area contributed by atoms with E-state index in [0.717, 1.165) is 183 Å². The summed E-state index contributed by atoms with van der Waals surface area (Å²) in [6, 6.07) is 123. The van der Waals surface area contributed by atoms with Crippen molar-refractivity contribution in [3.05, 3.63) is 340 Å². The molecule has 0 N–H and O–H groups in total. The first kappa shape index (κ1) is 56.3. The Morgan fingerprint density at radius 2 is 0.431 bits per heavy atom. The van der Waals surface area contributed by atoms with Gasteiger partial charge in [-0.3, -0.25) is 0 Å². The van der Waals surface area contributed by atoms with Crippen LogP contribution in [0.3, 0.4) is 0 Å². The van der Waals surface area contributed by atoms with Crippen LogP contribution in [-0.4, -0.2) is 18.7 Å². The molecule has 0 aliphatic carbocycles.